The van der Waals surface area contributed by atoms with Crippen LogP contribution >= 0.6 is 22.7 Å². The molecule has 2 rings (SSSR count). The highest BCUT2D eigenvalue weighted by Gasteiger charge is 2.15. The Bertz CT molecular complexity index is 520. The summed E-state index contributed by atoms with van der Waals surface area (Å²) in [5.74, 6) is 0.200. The number of thiophene rings is 1. The van der Waals surface area contributed by atoms with Crippen molar-refractivity contribution in [2.24, 2.45) is 0 Å². The highest BCUT2D eigenvalue weighted by Crippen LogP contribution is 2.22. The number of carbonyl (C=O) groups is 1. The van der Waals surface area contributed by atoms with Crippen LogP contribution in [0.1, 0.15) is 37.7 Å². The van der Waals surface area contributed by atoms with Crippen molar-refractivity contribution >= 4 is 28.5 Å². The molecule has 0 bridgehead atoms. The van der Waals surface area contributed by atoms with Crippen LogP contribution in [0.4, 0.5) is 0 Å². The first-order chi connectivity index (χ1) is 8.11. The van der Waals surface area contributed by atoms with Crippen molar-refractivity contribution in [3.8, 4) is 0 Å². The molecular formula is C13H15NOS2. The standard InChI is InChI=1S/C13H15NOS2/c1-4-10-5-6-16-13(10)11(15)7-12-14-8(2)9(3)17-12/h5-6H,4,7H2,1-3H3. The second kappa shape index (κ2) is 5.10. The Morgan fingerprint density at radius 1 is 1.41 bits per heavy atom. The SMILES string of the molecule is CCc1ccsc1C(=O)Cc1nc(C)c(C)s1. The second-order valence-corrected chi connectivity index (χ2v) is 6.18. The van der Waals surface area contributed by atoms with Crippen LogP contribution in [0, 0.1) is 13.8 Å². The van der Waals surface area contributed by atoms with Gasteiger partial charge in [-0.2, -0.15) is 0 Å². The minimum absolute atomic E-state index is 0.200. The first kappa shape index (κ1) is 12.5. The molecular weight excluding hydrogens is 250 g/mol. The normalized spacial score (nSPS) is 10.8. The van der Waals surface area contributed by atoms with E-state index in [4.69, 9.17) is 0 Å². The van der Waals surface area contributed by atoms with Gasteiger partial charge in [-0.3, -0.25) is 4.79 Å². The summed E-state index contributed by atoms with van der Waals surface area (Å²) in [7, 11) is 0. The van der Waals surface area contributed by atoms with Crippen LogP contribution in [0.3, 0.4) is 0 Å². The monoisotopic (exact) mass is 265 g/mol. The van der Waals surface area contributed by atoms with E-state index in [-0.39, 0.29) is 5.78 Å². The maximum Gasteiger partial charge on any atom is 0.179 e. The van der Waals surface area contributed by atoms with Gasteiger partial charge >= 0.3 is 0 Å². The Morgan fingerprint density at radius 2 is 2.18 bits per heavy atom. The molecule has 0 unspecified atom stereocenters. The molecule has 0 aromatic carbocycles. The van der Waals surface area contributed by atoms with Crippen molar-refractivity contribution < 1.29 is 4.79 Å². The van der Waals surface area contributed by atoms with Crippen LogP contribution in [-0.2, 0) is 12.8 Å². The molecule has 0 N–H and O–H groups in total. The topological polar surface area (TPSA) is 30.0 Å². The molecule has 0 saturated heterocycles. The van der Waals surface area contributed by atoms with Gasteiger partial charge in [0.1, 0.15) is 5.01 Å². The Hall–Kier alpha value is -1.00. The molecule has 0 saturated carbocycles. The number of rotatable bonds is 4. The minimum atomic E-state index is 0.200. The fourth-order valence-electron chi connectivity index (χ4n) is 1.69. The zero-order valence-electron chi connectivity index (χ0n) is 10.2. The van der Waals surface area contributed by atoms with E-state index in [0.717, 1.165) is 27.6 Å². The van der Waals surface area contributed by atoms with E-state index < -0.39 is 0 Å². The van der Waals surface area contributed by atoms with E-state index in [1.807, 2.05) is 25.3 Å². The van der Waals surface area contributed by atoms with E-state index in [0.29, 0.717) is 6.42 Å². The minimum Gasteiger partial charge on any atom is -0.293 e. The van der Waals surface area contributed by atoms with E-state index in [1.54, 1.807) is 11.3 Å². The average Bonchev–Trinajstić information content (AvgIpc) is 2.86. The zero-order valence-corrected chi connectivity index (χ0v) is 11.9. The Morgan fingerprint density at radius 3 is 2.76 bits per heavy atom. The van der Waals surface area contributed by atoms with Crippen molar-refractivity contribution in [3.05, 3.63) is 37.5 Å². The molecule has 0 atom stereocenters. The fraction of sp³-hybridized carbons (Fsp3) is 0.385. The van der Waals surface area contributed by atoms with Crippen molar-refractivity contribution in [1.29, 1.82) is 0 Å². The van der Waals surface area contributed by atoms with Gasteiger partial charge in [0.15, 0.2) is 5.78 Å². The third-order valence-corrected chi connectivity index (χ3v) is 4.84. The Labute approximate surface area is 109 Å². The molecule has 0 aliphatic heterocycles. The first-order valence-electron chi connectivity index (χ1n) is 5.64. The summed E-state index contributed by atoms with van der Waals surface area (Å²) in [6.07, 6.45) is 1.35. The predicted octanol–water partition coefficient (Wildman–Crippen LogP) is 3.81. The maximum absolute atomic E-state index is 12.2. The lowest BCUT2D eigenvalue weighted by atomic mass is 10.1. The van der Waals surface area contributed by atoms with Crippen molar-refractivity contribution in [3.63, 3.8) is 0 Å². The number of nitrogens with zero attached hydrogens (tertiary/aromatic N) is 1. The lowest BCUT2D eigenvalue weighted by Crippen LogP contribution is -2.03. The van der Waals surface area contributed by atoms with Crippen molar-refractivity contribution in [2.75, 3.05) is 0 Å². The Balaban J connectivity index is 2.17. The highest BCUT2D eigenvalue weighted by atomic mass is 32.1. The number of carbonyl (C=O) groups excluding carboxylic acids is 1. The van der Waals surface area contributed by atoms with Crippen LogP contribution in [-0.4, -0.2) is 10.8 Å². The summed E-state index contributed by atoms with van der Waals surface area (Å²) < 4.78 is 0. The average molecular weight is 265 g/mol. The maximum atomic E-state index is 12.2. The fourth-order valence-corrected chi connectivity index (χ4v) is 3.56. The number of thiazole rings is 1. The smallest absolute Gasteiger partial charge is 0.179 e. The molecule has 4 heteroatoms. The molecule has 0 aliphatic rings. The highest BCUT2D eigenvalue weighted by molar-refractivity contribution is 7.13. The van der Waals surface area contributed by atoms with Gasteiger partial charge in [-0.15, -0.1) is 22.7 Å². The molecule has 2 heterocycles. The molecule has 0 aliphatic carbocycles. The van der Waals surface area contributed by atoms with E-state index >= 15 is 0 Å². The van der Waals surface area contributed by atoms with Crippen LogP contribution in [0.15, 0.2) is 11.4 Å². The molecule has 0 amide bonds. The van der Waals surface area contributed by atoms with Gasteiger partial charge in [-0.05, 0) is 37.3 Å². The molecule has 2 nitrogen and oxygen atoms in total. The third kappa shape index (κ3) is 2.64. The molecule has 0 radical (unpaired) electrons. The molecule has 0 fully saturated rings. The van der Waals surface area contributed by atoms with Crippen LogP contribution in [0.2, 0.25) is 0 Å². The number of aryl methyl sites for hydroxylation is 3. The van der Waals surface area contributed by atoms with E-state index in [9.17, 15) is 4.79 Å². The van der Waals surface area contributed by atoms with Gasteiger partial charge in [0.05, 0.1) is 17.0 Å². The summed E-state index contributed by atoms with van der Waals surface area (Å²) in [6, 6.07) is 2.04. The number of hydrogen-bond acceptors (Lipinski definition) is 4. The summed E-state index contributed by atoms with van der Waals surface area (Å²) in [6.45, 7) is 6.11. The first-order valence-corrected chi connectivity index (χ1v) is 7.34. The Kier molecular flexibility index (Phi) is 3.74. The summed E-state index contributed by atoms with van der Waals surface area (Å²) in [5.41, 5.74) is 2.20. The van der Waals surface area contributed by atoms with Crippen molar-refractivity contribution in [1.82, 2.24) is 4.98 Å². The molecule has 0 spiro atoms. The zero-order chi connectivity index (χ0) is 12.4. The lowest BCUT2D eigenvalue weighted by Gasteiger charge is -1.98. The van der Waals surface area contributed by atoms with Gasteiger partial charge in [0, 0.05) is 4.88 Å². The summed E-state index contributed by atoms with van der Waals surface area (Å²) >= 11 is 3.17. The van der Waals surface area contributed by atoms with Crippen LogP contribution < -0.4 is 0 Å². The van der Waals surface area contributed by atoms with E-state index in [1.165, 1.54) is 16.2 Å². The number of aromatic nitrogens is 1. The number of hydrogen-bond donors (Lipinski definition) is 0. The quantitative estimate of drug-likeness (QED) is 0.787. The second-order valence-electron chi connectivity index (χ2n) is 3.98. The molecule has 2 aromatic heterocycles. The molecule has 17 heavy (non-hydrogen) atoms. The van der Waals surface area contributed by atoms with Crippen LogP contribution in [0.5, 0.6) is 0 Å². The van der Waals surface area contributed by atoms with Gasteiger partial charge in [-0.25, -0.2) is 4.98 Å². The molecule has 90 valence electrons. The van der Waals surface area contributed by atoms with Gasteiger partial charge in [-0.1, -0.05) is 6.92 Å². The number of Topliss-reactive ketones (excluding diaryl/α,β-unsaturated/α-hetero) is 1. The third-order valence-electron chi connectivity index (χ3n) is 2.77. The predicted molar refractivity (Wildman–Crippen MR) is 73.3 cm³/mol. The van der Waals surface area contributed by atoms with E-state index in [2.05, 4.69) is 11.9 Å². The van der Waals surface area contributed by atoms with Gasteiger partial charge in [0.2, 0.25) is 0 Å². The number of ketones is 1. The summed E-state index contributed by atoms with van der Waals surface area (Å²) in [5, 5.41) is 2.92. The molecule has 2 aromatic rings. The lowest BCUT2D eigenvalue weighted by molar-refractivity contribution is 0.0996. The summed E-state index contributed by atoms with van der Waals surface area (Å²) in [4.78, 5) is 18.7. The van der Waals surface area contributed by atoms with Crippen molar-refractivity contribution in [2.45, 2.75) is 33.6 Å². The van der Waals surface area contributed by atoms with Crippen LogP contribution in [0.25, 0.3) is 0 Å². The van der Waals surface area contributed by atoms with Gasteiger partial charge in [0.25, 0.3) is 0 Å². The van der Waals surface area contributed by atoms with Gasteiger partial charge < -0.3 is 0 Å². The largest absolute Gasteiger partial charge is 0.293 e.